The zero-order valence-corrected chi connectivity index (χ0v) is 12.9. The number of rotatable bonds is 8. The van der Waals surface area contributed by atoms with E-state index in [4.69, 9.17) is 0 Å². The van der Waals surface area contributed by atoms with E-state index in [0.717, 1.165) is 13.0 Å². The van der Waals surface area contributed by atoms with Crippen LogP contribution in [0.15, 0.2) is 17.3 Å². The maximum Gasteiger partial charge on any atom is 0.243 e. The summed E-state index contributed by atoms with van der Waals surface area (Å²) < 4.78 is 28.6. The Morgan fingerprint density at radius 1 is 1.37 bits per heavy atom. The molecule has 1 aromatic heterocycles. The Morgan fingerprint density at radius 2 is 2.05 bits per heavy atom. The number of nitrogens with zero attached hydrogens (tertiary/aromatic N) is 2. The molecule has 19 heavy (non-hydrogen) atoms. The molecule has 0 aliphatic heterocycles. The van der Waals surface area contributed by atoms with Crippen molar-refractivity contribution in [2.24, 2.45) is 5.92 Å². The van der Waals surface area contributed by atoms with Crippen LogP contribution in [0, 0.1) is 5.92 Å². The molecule has 1 unspecified atom stereocenters. The minimum absolute atomic E-state index is 0.0781. The van der Waals surface area contributed by atoms with Crippen molar-refractivity contribution in [2.75, 3.05) is 13.6 Å². The van der Waals surface area contributed by atoms with Crippen molar-refractivity contribution in [3.8, 4) is 0 Å². The number of hydrogen-bond donors (Lipinski definition) is 2. The van der Waals surface area contributed by atoms with Crippen LogP contribution in [0.1, 0.15) is 27.2 Å². The summed E-state index contributed by atoms with van der Waals surface area (Å²) in [5, 5.41) is 7.04. The van der Waals surface area contributed by atoms with Crippen LogP contribution in [0.3, 0.4) is 0 Å². The lowest BCUT2D eigenvalue weighted by Gasteiger charge is -2.15. The molecule has 0 aromatic carbocycles. The van der Waals surface area contributed by atoms with Gasteiger partial charge in [-0.3, -0.25) is 4.68 Å². The zero-order valence-electron chi connectivity index (χ0n) is 12.0. The van der Waals surface area contributed by atoms with Crippen molar-refractivity contribution in [2.45, 2.75) is 44.7 Å². The third kappa shape index (κ3) is 5.30. The second-order valence-corrected chi connectivity index (χ2v) is 6.91. The lowest BCUT2D eigenvalue weighted by Crippen LogP contribution is -2.33. The predicted molar refractivity (Wildman–Crippen MR) is 75.4 cm³/mol. The topological polar surface area (TPSA) is 76.0 Å². The van der Waals surface area contributed by atoms with Crippen LogP contribution in [0.4, 0.5) is 0 Å². The quantitative estimate of drug-likeness (QED) is 0.742. The summed E-state index contributed by atoms with van der Waals surface area (Å²) in [6, 6.07) is -0.0781. The first kappa shape index (κ1) is 16.1. The van der Waals surface area contributed by atoms with Gasteiger partial charge in [0.1, 0.15) is 4.90 Å². The van der Waals surface area contributed by atoms with Crippen molar-refractivity contribution in [3.63, 3.8) is 0 Å². The van der Waals surface area contributed by atoms with Gasteiger partial charge in [0.25, 0.3) is 0 Å². The molecular weight excluding hydrogens is 264 g/mol. The number of sulfonamides is 1. The molecule has 0 aliphatic rings. The zero-order chi connectivity index (χ0) is 14.5. The van der Waals surface area contributed by atoms with Crippen molar-refractivity contribution >= 4 is 10.0 Å². The Morgan fingerprint density at radius 3 is 2.63 bits per heavy atom. The van der Waals surface area contributed by atoms with Crippen LogP contribution in [0.2, 0.25) is 0 Å². The average molecular weight is 288 g/mol. The first-order valence-corrected chi connectivity index (χ1v) is 8.03. The summed E-state index contributed by atoms with van der Waals surface area (Å²) >= 11 is 0. The molecule has 0 aliphatic carbocycles. The second-order valence-electron chi connectivity index (χ2n) is 5.19. The van der Waals surface area contributed by atoms with E-state index in [9.17, 15) is 8.42 Å². The average Bonchev–Trinajstić information content (AvgIpc) is 2.73. The van der Waals surface area contributed by atoms with Crippen LogP contribution in [-0.4, -0.2) is 37.8 Å². The fourth-order valence-electron chi connectivity index (χ4n) is 1.92. The maximum absolute atomic E-state index is 12.1. The second kappa shape index (κ2) is 7.02. The van der Waals surface area contributed by atoms with Crippen LogP contribution >= 0.6 is 0 Å². The summed E-state index contributed by atoms with van der Waals surface area (Å²) in [5.41, 5.74) is 0. The molecule has 0 saturated heterocycles. The van der Waals surface area contributed by atoms with Crippen molar-refractivity contribution in [1.29, 1.82) is 0 Å². The van der Waals surface area contributed by atoms with Crippen LogP contribution in [-0.2, 0) is 16.6 Å². The molecule has 7 heteroatoms. The normalized spacial score (nSPS) is 13.9. The Bertz CT molecular complexity index is 482. The number of aromatic nitrogens is 2. The van der Waals surface area contributed by atoms with Gasteiger partial charge in [0.2, 0.25) is 10.0 Å². The van der Waals surface area contributed by atoms with Crippen molar-refractivity contribution in [3.05, 3.63) is 12.4 Å². The molecule has 0 radical (unpaired) electrons. The first-order chi connectivity index (χ1) is 8.85. The summed E-state index contributed by atoms with van der Waals surface area (Å²) in [6.45, 7) is 7.41. The molecule has 1 aromatic rings. The van der Waals surface area contributed by atoms with Gasteiger partial charge in [0.05, 0.1) is 12.7 Å². The standard InChI is InChI=1S/C12H24N4O2S/c1-10(2)7-11(3)15-19(17,18)12-8-14-16(9-12)6-5-13-4/h8-11,13,15H,5-7H2,1-4H3. The Balaban J connectivity index is 2.69. The molecule has 1 heterocycles. The molecule has 6 nitrogen and oxygen atoms in total. The molecular formula is C12H24N4O2S. The molecule has 0 spiro atoms. The monoisotopic (exact) mass is 288 g/mol. The minimum Gasteiger partial charge on any atom is -0.318 e. The molecule has 1 atom stereocenters. The molecule has 2 N–H and O–H groups in total. The van der Waals surface area contributed by atoms with Gasteiger partial charge in [0.15, 0.2) is 0 Å². The van der Waals surface area contributed by atoms with Gasteiger partial charge in [-0.05, 0) is 26.3 Å². The fourth-order valence-corrected chi connectivity index (χ4v) is 3.13. The lowest BCUT2D eigenvalue weighted by atomic mass is 10.1. The molecule has 0 bridgehead atoms. The SMILES string of the molecule is CNCCn1cc(S(=O)(=O)NC(C)CC(C)C)cn1. The summed E-state index contributed by atoms with van der Waals surface area (Å²) in [6.07, 6.45) is 3.76. The van der Waals surface area contributed by atoms with E-state index in [-0.39, 0.29) is 10.9 Å². The molecule has 0 saturated carbocycles. The smallest absolute Gasteiger partial charge is 0.243 e. The summed E-state index contributed by atoms with van der Waals surface area (Å²) in [7, 11) is -1.62. The number of likely N-dealkylation sites (N-methyl/N-ethyl adjacent to an activating group) is 1. The lowest BCUT2D eigenvalue weighted by molar-refractivity contribution is 0.482. The molecule has 0 fully saturated rings. The maximum atomic E-state index is 12.1. The Kier molecular flexibility index (Phi) is 5.96. The summed E-state index contributed by atoms with van der Waals surface area (Å²) in [5.74, 6) is 0.455. The largest absolute Gasteiger partial charge is 0.318 e. The van der Waals surface area contributed by atoms with Crippen molar-refractivity contribution < 1.29 is 8.42 Å². The predicted octanol–water partition coefficient (Wildman–Crippen LogP) is 0.815. The van der Waals surface area contributed by atoms with Crippen molar-refractivity contribution in [1.82, 2.24) is 19.8 Å². The van der Waals surface area contributed by atoms with Gasteiger partial charge in [-0.25, -0.2) is 13.1 Å². The number of nitrogens with one attached hydrogen (secondary N) is 2. The third-order valence-electron chi connectivity index (χ3n) is 2.69. The third-order valence-corrected chi connectivity index (χ3v) is 4.24. The van der Waals surface area contributed by atoms with Crippen LogP contribution in [0.5, 0.6) is 0 Å². The van der Waals surface area contributed by atoms with Gasteiger partial charge >= 0.3 is 0 Å². The highest BCUT2D eigenvalue weighted by atomic mass is 32.2. The van der Waals surface area contributed by atoms with E-state index in [0.29, 0.717) is 12.5 Å². The van der Waals surface area contributed by atoms with Crippen LogP contribution < -0.4 is 10.0 Å². The highest BCUT2D eigenvalue weighted by molar-refractivity contribution is 7.89. The van der Waals surface area contributed by atoms with Gasteiger partial charge in [0, 0.05) is 18.8 Å². The first-order valence-electron chi connectivity index (χ1n) is 6.54. The van der Waals surface area contributed by atoms with E-state index < -0.39 is 10.0 Å². The van der Waals surface area contributed by atoms with Gasteiger partial charge < -0.3 is 5.32 Å². The van der Waals surface area contributed by atoms with E-state index in [2.05, 4.69) is 29.0 Å². The number of hydrogen-bond acceptors (Lipinski definition) is 4. The van der Waals surface area contributed by atoms with E-state index in [1.54, 1.807) is 10.9 Å². The highest BCUT2D eigenvalue weighted by Gasteiger charge is 2.19. The Hall–Kier alpha value is -0.920. The van der Waals surface area contributed by atoms with E-state index in [1.165, 1.54) is 6.20 Å². The minimum atomic E-state index is -3.46. The van der Waals surface area contributed by atoms with E-state index >= 15 is 0 Å². The van der Waals surface area contributed by atoms with Gasteiger partial charge in [-0.1, -0.05) is 13.8 Å². The molecule has 0 amide bonds. The Labute approximate surface area is 115 Å². The molecule has 110 valence electrons. The molecule has 1 rings (SSSR count). The van der Waals surface area contributed by atoms with Gasteiger partial charge in [-0.15, -0.1) is 0 Å². The van der Waals surface area contributed by atoms with Crippen LogP contribution in [0.25, 0.3) is 0 Å². The highest BCUT2D eigenvalue weighted by Crippen LogP contribution is 2.11. The fraction of sp³-hybridized carbons (Fsp3) is 0.750. The van der Waals surface area contributed by atoms with E-state index in [1.807, 2.05) is 14.0 Å². The summed E-state index contributed by atoms with van der Waals surface area (Å²) in [4.78, 5) is 0.221. The van der Waals surface area contributed by atoms with Gasteiger partial charge in [-0.2, -0.15) is 5.10 Å².